The van der Waals surface area contributed by atoms with E-state index in [4.69, 9.17) is 4.74 Å². The van der Waals surface area contributed by atoms with Crippen molar-refractivity contribution in [2.45, 2.75) is 0 Å². The van der Waals surface area contributed by atoms with Crippen LogP contribution in [0.3, 0.4) is 0 Å². The van der Waals surface area contributed by atoms with Gasteiger partial charge in [0.25, 0.3) is 5.91 Å². The number of nitrogens with one attached hydrogen (secondary N) is 2. The van der Waals surface area contributed by atoms with Crippen LogP contribution in [0.1, 0.15) is 5.56 Å². The molecular weight excluding hydrogens is 350 g/mol. The lowest BCUT2D eigenvalue weighted by Gasteiger charge is -2.13. The number of para-hydroxylation sites is 2. The van der Waals surface area contributed by atoms with E-state index in [0.717, 1.165) is 4.90 Å². The number of carbonyl (C=O) groups is 3. The highest BCUT2D eigenvalue weighted by Crippen LogP contribution is 2.23. The van der Waals surface area contributed by atoms with Crippen LogP contribution in [0, 0.1) is 0 Å². The number of imide groups is 1. The number of phenolic OH excluding ortho intramolecular Hbond substituents is 1. The van der Waals surface area contributed by atoms with Gasteiger partial charge in [0, 0.05) is 0 Å². The number of phenols is 1. The molecule has 3 N–H and O–H groups in total. The topological polar surface area (TPSA) is 108 Å². The number of methoxy groups -OCH3 is 1. The van der Waals surface area contributed by atoms with E-state index in [0.29, 0.717) is 17.0 Å². The van der Waals surface area contributed by atoms with Gasteiger partial charge in [-0.05, 0) is 35.9 Å². The number of hydrogen-bond acceptors (Lipinski definition) is 5. The van der Waals surface area contributed by atoms with Gasteiger partial charge in [-0.2, -0.15) is 0 Å². The van der Waals surface area contributed by atoms with Crippen LogP contribution in [0.15, 0.2) is 54.2 Å². The number of amides is 4. The Morgan fingerprint density at radius 3 is 2.59 bits per heavy atom. The molecule has 4 amide bonds. The molecule has 0 atom stereocenters. The molecule has 2 aromatic rings. The van der Waals surface area contributed by atoms with Gasteiger partial charge in [-0.15, -0.1) is 0 Å². The predicted octanol–water partition coefficient (Wildman–Crippen LogP) is 1.93. The zero-order valence-electron chi connectivity index (χ0n) is 14.4. The maximum atomic E-state index is 12.4. The minimum Gasteiger partial charge on any atom is -0.508 e. The van der Waals surface area contributed by atoms with Gasteiger partial charge in [-0.1, -0.05) is 24.3 Å². The molecule has 0 saturated carbocycles. The summed E-state index contributed by atoms with van der Waals surface area (Å²) in [5.74, 6) is -0.582. The molecule has 0 spiro atoms. The van der Waals surface area contributed by atoms with Crippen LogP contribution >= 0.6 is 0 Å². The maximum absolute atomic E-state index is 12.4. The minimum atomic E-state index is -0.680. The molecule has 1 heterocycles. The fourth-order valence-electron chi connectivity index (χ4n) is 2.53. The fraction of sp³-hybridized carbons (Fsp3) is 0.105. The van der Waals surface area contributed by atoms with Crippen molar-refractivity contribution in [1.82, 2.24) is 10.2 Å². The summed E-state index contributed by atoms with van der Waals surface area (Å²) in [7, 11) is 1.48. The van der Waals surface area contributed by atoms with Gasteiger partial charge in [0.1, 0.15) is 23.7 Å². The van der Waals surface area contributed by atoms with Crippen molar-refractivity contribution in [2.24, 2.45) is 0 Å². The summed E-state index contributed by atoms with van der Waals surface area (Å²) < 4.78 is 5.15. The molecule has 138 valence electrons. The van der Waals surface area contributed by atoms with Crippen molar-refractivity contribution < 1.29 is 24.2 Å². The van der Waals surface area contributed by atoms with Gasteiger partial charge in [-0.3, -0.25) is 9.59 Å². The van der Waals surface area contributed by atoms with E-state index in [1.54, 1.807) is 36.4 Å². The zero-order chi connectivity index (χ0) is 19.4. The van der Waals surface area contributed by atoms with E-state index in [2.05, 4.69) is 10.6 Å². The zero-order valence-corrected chi connectivity index (χ0v) is 14.4. The number of aromatic hydroxyl groups is 1. The van der Waals surface area contributed by atoms with E-state index in [9.17, 15) is 19.5 Å². The summed E-state index contributed by atoms with van der Waals surface area (Å²) in [6, 6.07) is 12.3. The second-order valence-corrected chi connectivity index (χ2v) is 5.72. The summed E-state index contributed by atoms with van der Waals surface area (Å²) in [6.07, 6.45) is 1.47. The van der Waals surface area contributed by atoms with Crippen molar-refractivity contribution >= 4 is 29.6 Å². The average molecular weight is 367 g/mol. The third-order valence-electron chi connectivity index (χ3n) is 3.85. The normalized spacial score (nSPS) is 15.0. The summed E-state index contributed by atoms with van der Waals surface area (Å²) in [5, 5.41) is 14.3. The summed E-state index contributed by atoms with van der Waals surface area (Å²) >= 11 is 0. The molecule has 3 rings (SSSR count). The van der Waals surface area contributed by atoms with Crippen LogP contribution in [0.25, 0.3) is 6.08 Å². The molecule has 1 aliphatic rings. The second-order valence-electron chi connectivity index (χ2n) is 5.72. The van der Waals surface area contributed by atoms with Crippen LogP contribution in [-0.4, -0.2) is 41.5 Å². The van der Waals surface area contributed by atoms with Crippen LogP contribution < -0.4 is 15.4 Å². The van der Waals surface area contributed by atoms with Crippen molar-refractivity contribution in [2.75, 3.05) is 19.0 Å². The van der Waals surface area contributed by atoms with E-state index in [1.165, 1.54) is 25.3 Å². The Morgan fingerprint density at radius 1 is 1.19 bits per heavy atom. The third kappa shape index (κ3) is 4.06. The Kier molecular flexibility index (Phi) is 5.07. The Hall–Kier alpha value is -3.81. The standard InChI is InChI=1S/C19H17N3O5/c1-27-16-5-3-2-4-14(16)20-17(24)11-22-18(25)15(21-19(22)26)10-12-6-8-13(23)9-7-12/h2-10,23H,11H2,1H3,(H,20,24)(H,21,26)/b15-10+. The lowest BCUT2D eigenvalue weighted by molar-refractivity contribution is -0.127. The van der Waals surface area contributed by atoms with Crippen molar-refractivity contribution in [3.63, 3.8) is 0 Å². The maximum Gasteiger partial charge on any atom is 0.329 e. The average Bonchev–Trinajstić information content (AvgIpc) is 2.91. The number of anilines is 1. The molecule has 0 unspecified atom stereocenters. The van der Waals surface area contributed by atoms with Crippen LogP contribution in [-0.2, 0) is 9.59 Å². The largest absolute Gasteiger partial charge is 0.508 e. The molecule has 8 heteroatoms. The van der Waals surface area contributed by atoms with Crippen molar-refractivity contribution in [3.8, 4) is 11.5 Å². The molecule has 8 nitrogen and oxygen atoms in total. The Morgan fingerprint density at radius 2 is 1.89 bits per heavy atom. The van der Waals surface area contributed by atoms with Gasteiger partial charge in [0.05, 0.1) is 12.8 Å². The molecule has 2 aromatic carbocycles. The van der Waals surface area contributed by atoms with Crippen LogP contribution in [0.5, 0.6) is 11.5 Å². The molecule has 0 radical (unpaired) electrons. The van der Waals surface area contributed by atoms with Crippen molar-refractivity contribution in [1.29, 1.82) is 0 Å². The summed E-state index contributed by atoms with van der Waals surface area (Å²) in [6.45, 7) is -0.435. The first kappa shape index (κ1) is 18.0. The van der Waals surface area contributed by atoms with E-state index >= 15 is 0 Å². The Bertz CT molecular complexity index is 921. The molecule has 0 bridgehead atoms. The monoisotopic (exact) mass is 367 g/mol. The number of hydrogen-bond donors (Lipinski definition) is 3. The minimum absolute atomic E-state index is 0.0516. The smallest absolute Gasteiger partial charge is 0.329 e. The van der Waals surface area contributed by atoms with Crippen LogP contribution in [0.4, 0.5) is 10.5 Å². The van der Waals surface area contributed by atoms with Gasteiger partial charge >= 0.3 is 6.03 Å². The Balaban J connectivity index is 1.70. The van der Waals surface area contributed by atoms with E-state index in [1.807, 2.05) is 0 Å². The number of rotatable bonds is 5. The van der Waals surface area contributed by atoms with Gasteiger partial charge in [-0.25, -0.2) is 9.69 Å². The molecule has 0 aromatic heterocycles. The van der Waals surface area contributed by atoms with Gasteiger partial charge < -0.3 is 20.5 Å². The molecule has 27 heavy (non-hydrogen) atoms. The number of carbonyl (C=O) groups excluding carboxylic acids is 3. The first-order valence-electron chi connectivity index (χ1n) is 8.04. The highest BCUT2D eigenvalue weighted by atomic mass is 16.5. The molecule has 0 aliphatic carbocycles. The summed E-state index contributed by atoms with van der Waals surface area (Å²) in [4.78, 5) is 37.5. The molecule has 1 saturated heterocycles. The number of benzene rings is 2. The first-order valence-corrected chi connectivity index (χ1v) is 8.04. The lowest BCUT2D eigenvalue weighted by atomic mass is 10.2. The number of urea groups is 1. The summed E-state index contributed by atoms with van der Waals surface area (Å²) in [5.41, 5.74) is 1.12. The molecule has 1 fully saturated rings. The van der Waals surface area contributed by atoms with Gasteiger partial charge in [0.2, 0.25) is 5.91 Å². The van der Waals surface area contributed by atoms with E-state index in [-0.39, 0.29) is 11.4 Å². The second kappa shape index (κ2) is 7.61. The quantitative estimate of drug-likeness (QED) is 0.553. The first-order chi connectivity index (χ1) is 13.0. The number of ether oxygens (including phenoxy) is 1. The fourth-order valence-corrected chi connectivity index (χ4v) is 2.53. The van der Waals surface area contributed by atoms with E-state index < -0.39 is 24.4 Å². The SMILES string of the molecule is COc1ccccc1NC(=O)CN1C(=O)N/C(=C/c2ccc(O)cc2)C1=O. The predicted molar refractivity (Wildman–Crippen MR) is 98.0 cm³/mol. The highest BCUT2D eigenvalue weighted by Gasteiger charge is 2.35. The van der Waals surface area contributed by atoms with Crippen LogP contribution in [0.2, 0.25) is 0 Å². The highest BCUT2D eigenvalue weighted by molar-refractivity contribution is 6.16. The number of nitrogens with zero attached hydrogens (tertiary/aromatic N) is 1. The third-order valence-corrected chi connectivity index (χ3v) is 3.85. The lowest BCUT2D eigenvalue weighted by Crippen LogP contribution is -2.38. The molecule has 1 aliphatic heterocycles. The molecular formula is C19H17N3O5. The van der Waals surface area contributed by atoms with Crippen molar-refractivity contribution in [3.05, 3.63) is 59.8 Å². The van der Waals surface area contributed by atoms with Gasteiger partial charge in [0.15, 0.2) is 0 Å². The Labute approximate surface area is 155 Å².